The van der Waals surface area contributed by atoms with Crippen LogP contribution in [-0.2, 0) is 6.54 Å². The topological polar surface area (TPSA) is 38.3 Å². The molecule has 1 N–H and O–H groups in total. The van der Waals surface area contributed by atoms with E-state index in [-0.39, 0.29) is 11.3 Å². The molecule has 0 saturated carbocycles. The van der Waals surface area contributed by atoms with Gasteiger partial charge in [-0.3, -0.25) is 4.79 Å². The molecule has 0 spiro atoms. The van der Waals surface area contributed by atoms with Gasteiger partial charge < -0.3 is 10.1 Å². The third-order valence-corrected chi connectivity index (χ3v) is 2.88. The van der Waals surface area contributed by atoms with Gasteiger partial charge in [0.25, 0.3) is 5.91 Å². The molecule has 0 aromatic heterocycles. The van der Waals surface area contributed by atoms with Crippen LogP contribution in [0.4, 0.5) is 8.78 Å². The number of amides is 1. The minimum atomic E-state index is -2.96. The van der Waals surface area contributed by atoms with Crippen molar-refractivity contribution in [3.63, 3.8) is 0 Å². The number of hydrogen-bond acceptors (Lipinski definition) is 2. The molecular weight excluding hydrogens is 276 g/mol. The first-order valence-corrected chi connectivity index (χ1v) is 6.44. The number of carbonyl (C=O) groups excluding carboxylic acids is 1. The van der Waals surface area contributed by atoms with E-state index in [0.29, 0.717) is 6.54 Å². The van der Waals surface area contributed by atoms with E-state index in [1.54, 1.807) is 6.07 Å². The van der Waals surface area contributed by atoms with Crippen LogP contribution in [0.1, 0.15) is 21.5 Å². The monoisotopic (exact) mass is 291 g/mol. The predicted octanol–water partition coefficient (Wildman–Crippen LogP) is 3.53. The lowest BCUT2D eigenvalue weighted by molar-refractivity contribution is -0.0501. The molecule has 0 aliphatic rings. The molecule has 1 amide bonds. The van der Waals surface area contributed by atoms with Gasteiger partial charge in [0.05, 0.1) is 5.56 Å². The van der Waals surface area contributed by atoms with E-state index in [1.165, 1.54) is 18.2 Å². The molecule has 2 aromatic rings. The van der Waals surface area contributed by atoms with Gasteiger partial charge in [-0.05, 0) is 24.6 Å². The number of rotatable bonds is 5. The summed E-state index contributed by atoms with van der Waals surface area (Å²) in [5.41, 5.74) is 2.12. The summed E-state index contributed by atoms with van der Waals surface area (Å²) >= 11 is 0. The number of benzene rings is 2. The molecule has 0 saturated heterocycles. The Kier molecular flexibility index (Phi) is 4.87. The molecular formula is C16H15F2NO2. The van der Waals surface area contributed by atoms with E-state index in [9.17, 15) is 13.6 Å². The summed E-state index contributed by atoms with van der Waals surface area (Å²) in [6.07, 6.45) is 0. The van der Waals surface area contributed by atoms with Gasteiger partial charge >= 0.3 is 6.61 Å². The predicted molar refractivity (Wildman–Crippen MR) is 75.4 cm³/mol. The fraction of sp³-hybridized carbons (Fsp3) is 0.188. The van der Waals surface area contributed by atoms with E-state index in [4.69, 9.17) is 0 Å². The highest BCUT2D eigenvalue weighted by molar-refractivity contribution is 5.96. The van der Waals surface area contributed by atoms with Crippen molar-refractivity contribution in [3.8, 4) is 5.75 Å². The van der Waals surface area contributed by atoms with Gasteiger partial charge in [-0.25, -0.2) is 0 Å². The van der Waals surface area contributed by atoms with E-state index in [2.05, 4.69) is 10.1 Å². The van der Waals surface area contributed by atoms with Crippen molar-refractivity contribution >= 4 is 5.91 Å². The van der Waals surface area contributed by atoms with Gasteiger partial charge in [0.2, 0.25) is 0 Å². The number of ether oxygens (including phenoxy) is 1. The minimum Gasteiger partial charge on any atom is -0.434 e. The van der Waals surface area contributed by atoms with Crippen molar-refractivity contribution in [1.82, 2.24) is 5.32 Å². The Morgan fingerprint density at radius 3 is 2.67 bits per heavy atom. The summed E-state index contributed by atoms with van der Waals surface area (Å²) in [5, 5.41) is 2.69. The number of alkyl halides is 2. The Morgan fingerprint density at radius 1 is 1.19 bits per heavy atom. The Labute approximate surface area is 121 Å². The summed E-state index contributed by atoms with van der Waals surface area (Å²) in [4.78, 5) is 12.1. The molecule has 21 heavy (non-hydrogen) atoms. The normalized spacial score (nSPS) is 10.5. The highest BCUT2D eigenvalue weighted by atomic mass is 19.3. The van der Waals surface area contributed by atoms with Crippen molar-refractivity contribution in [2.75, 3.05) is 0 Å². The molecule has 0 fully saturated rings. The van der Waals surface area contributed by atoms with Crippen LogP contribution >= 0.6 is 0 Å². The molecule has 0 aliphatic heterocycles. The second-order valence-corrected chi connectivity index (χ2v) is 4.55. The van der Waals surface area contributed by atoms with Crippen LogP contribution in [0.5, 0.6) is 5.75 Å². The maximum Gasteiger partial charge on any atom is 0.387 e. The average Bonchev–Trinajstić information content (AvgIpc) is 2.45. The highest BCUT2D eigenvalue weighted by Gasteiger charge is 2.14. The Morgan fingerprint density at radius 2 is 1.95 bits per heavy atom. The molecule has 0 atom stereocenters. The van der Waals surface area contributed by atoms with Crippen LogP contribution in [-0.4, -0.2) is 12.5 Å². The quantitative estimate of drug-likeness (QED) is 0.915. The zero-order chi connectivity index (χ0) is 15.2. The van der Waals surface area contributed by atoms with Crippen molar-refractivity contribution < 1.29 is 18.3 Å². The molecule has 0 unspecified atom stereocenters. The van der Waals surface area contributed by atoms with Crippen molar-refractivity contribution in [2.45, 2.75) is 20.1 Å². The van der Waals surface area contributed by atoms with Crippen LogP contribution in [0.15, 0.2) is 48.5 Å². The van der Waals surface area contributed by atoms with Gasteiger partial charge in [0.1, 0.15) is 5.75 Å². The summed E-state index contributed by atoms with van der Waals surface area (Å²) in [5.74, 6) is -0.581. The Balaban J connectivity index is 2.07. The number of nitrogens with one attached hydrogen (secondary N) is 1. The smallest absolute Gasteiger partial charge is 0.387 e. The standard InChI is InChI=1S/C16H15F2NO2/c1-11-5-4-6-12(9-11)10-19-15(20)13-7-2-3-8-14(13)21-16(17)18/h2-9,16H,10H2,1H3,(H,19,20). The number of hydrogen-bond donors (Lipinski definition) is 1. The van der Waals surface area contributed by atoms with Gasteiger partial charge in [0, 0.05) is 6.54 Å². The van der Waals surface area contributed by atoms with E-state index in [0.717, 1.165) is 11.1 Å². The molecule has 0 heterocycles. The third-order valence-electron chi connectivity index (χ3n) is 2.88. The summed E-state index contributed by atoms with van der Waals surface area (Å²) in [6, 6.07) is 13.6. The lowest BCUT2D eigenvalue weighted by Crippen LogP contribution is -2.23. The molecule has 3 nitrogen and oxygen atoms in total. The molecule has 2 rings (SSSR count). The van der Waals surface area contributed by atoms with Crippen molar-refractivity contribution in [2.24, 2.45) is 0 Å². The molecule has 0 bridgehead atoms. The second kappa shape index (κ2) is 6.83. The Hall–Kier alpha value is -2.43. The zero-order valence-corrected chi connectivity index (χ0v) is 11.5. The zero-order valence-electron chi connectivity index (χ0n) is 11.5. The van der Waals surface area contributed by atoms with Crippen LogP contribution in [0.25, 0.3) is 0 Å². The van der Waals surface area contributed by atoms with Crippen LogP contribution in [0.3, 0.4) is 0 Å². The van der Waals surface area contributed by atoms with Gasteiger partial charge in [-0.1, -0.05) is 42.0 Å². The maximum atomic E-state index is 12.3. The van der Waals surface area contributed by atoms with Gasteiger partial charge in [0.15, 0.2) is 0 Å². The lowest BCUT2D eigenvalue weighted by atomic mass is 10.1. The van der Waals surface area contributed by atoms with E-state index >= 15 is 0 Å². The van der Waals surface area contributed by atoms with Crippen molar-refractivity contribution in [3.05, 3.63) is 65.2 Å². The lowest BCUT2D eigenvalue weighted by Gasteiger charge is -2.11. The first-order chi connectivity index (χ1) is 10.1. The fourth-order valence-corrected chi connectivity index (χ4v) is 1.95. The molecule has 0 aliphatic carbocycles. The molecule has 0 radical (unpaired) electrons. The summed E-state index contributed by atoms with van der Waals surface area (Å²) in [6.45, 7) is -0.684. The third kappa shape index (κ3) is 4.27. The van der Waals surface area contributed by atoms with Crippen LogP contribution in [0.2, 0.25) is 0 Å². The fourth-order valence-electron chi connectivity index (χ4n) is 1.95. The molecule has 110 valence electrons. The minimum absolute atomic E-state index is 0.0884. The van der Waals surface area contributed by atoms with Gasteiger partial charge in [-0.15, -0.1) is 0 Å². The van der Waals surface area contributed by atoms with Crippen molar-refractivity contribution in [1.29, 1.82) is 0 Å². The summed E-state index contributed by atoms with van der Waals surface area (Å²) < 4.78 is 29.0. The highest BCUT2D eigenvalue weighted by Crippen LogP contribution is 2.20. The number of aryl methyl sites for hydroxylation is 1. The number of halogens is 2. The summed E-state index contributed by atoms with van der Waals surface area (Å²) in [7, 11) is 0. The maximum absolute atomic E-state index is 12.3. The van der Waals surface area contributed by atoms with Crippen LogP contribution < -0.4 is 10.1 Å². The van der Waals surface area contributed by atoms with E-state index in [1.807, 2.05) is 31.2 Å². The number of carbonyl (C=O) groups is 1. The van der Waals surface area contributed by atoms with Crippen LogP contribution in [0, 0.1) is 6.92 Å². The SMILES string of the molecule is Cc1cccc(CNC(=O)c2ccccc2OC(F)F)c1. The largest absolute Gasteiger partial charge is 0.434 e. The van der Waals surface area contributed by atoms with Gasteiger partial charge in [-0.2, -0.15) is 8.78 Å². The van der Waals surface area contributed by atoms with E-state index < -0.39 is 12.5 Å². The Bertz CT molecular complexity index is 629. The number of para-hydroxylation sites is 1. The average molecular weight is 291 g/mol. The first-order valence-electron chi connectivity index (χ1n) is 6.44. The second-order valence-electron chi connectivity index (χ2n) is 4.55. The first kappa shape index (κ1) is 15.0. The molecule has 5 heteroatoms. The molecule has 2 aromatic carbocycles.